The van der Waals surface area contributed by atoms with Crippen LogP contribution in [0.15, 0.2) is 48.5 Å². The average Bonchev–Trinajstić information content (AvgIpc) is 2.88. The van der Waals surface area contributed by atoms with Crippen LogP contribution < -0.4 is 19.5 Å². The van der Waals surface area contributed by atoms with E-state index in [1.807, 2.05) is 30.3 Å². The van der Waals surface area contributed by atoms with Crippen LogP contribution >= 0.6 is 0 Å². The Hall–Kier alpha value is -3.22. The predicted octanol–water partition coefficient (Wildman–Crippen LogP) is 3.99. The zero-order valence-corrected chi connectivity index (χ0v) is 20.4. The summed E-state index contributed by atoms with van der Waals surface area (Å²) in [5.74, 6) is 1.25. The molecular weight excluding hydrogens is 432 g/mol. The van der Waals surface area contributed by atoms with Gasteiger partial charge in [-0.05, 0) is 31.7 Å². The number of hydrogen-bond donors (Lipinski definition) is 1. The molecule has 1 N–H and O–H groups in total. The smallest absolute Gasteiger partial charge is 0.261 e. The number of methoxy groups -OCH3 is 2. The Morgan fingerprint density at radius 2 is 1.59 bits per heavy atom. The first kappa shape index (κ1) is 25.4. The maximum atomic E-state index is 13.2. The third kappa shape index (κ3) is 7.40. The number of hydrogen-bond acceptors (Lipinski definition) is 5. The van der Waals surface area contributed by atoms with Crippen molar-refractivity contribution in [1.29, 1.82) is 0 Å². The first-order valence-electron chi connectivity index (χ1n) is 12.0. The van der Waals surface area contributed by atoms with Crippen molar-refractivity contribution < 1.29 is 23.8 Å². The maximum Gasteiger partial charge on any atom is 0.261 e. The lowest BCUT2D eigenvalue weighted by atomic mass is 9.95. The minimum Gasteiger partial charge on any atom is -0.496 e. The van der Waals surface area contributed by atoms with Gasteiger partial charge in [0.1, 0.15) is 23.3 Å². The Bertz CT molecular complexity index is 906. The second-order valence-corrected chi connectivity index (χ2v) is 8.68. The molecule has 1 saturated carbocycles. The fourth-order valence-corrected chi connectivity index (χ4v) is 4.23. The van der Waals surface area contributed by atoms with Gasteiger partial charge in [-0.15, -0.1) is 0 Å². The van der Waals surface area contributed by atoms with Gasteiger partial charge in [0.25, 0.3) is 5.91 Å². The number of nitrogens with zero attached hydrogens (tertiary/aromatic N) is 1. The van der Waals surface area contributed by atoms with Crippen molar-refractivity contribution in [3.05, 3.63) is 54.1 Å². The summed E-state index contributed by atoms with van der Waals surface area (Å²) in [6.45, 7) is 2.02. The molecule has 0 spiro atoms. The van der Waals surface area contributed by atoms with Crippen LogP contribution in [0.4, 0.5) is 0 Å². The summed E-state index contributed by atoms with van der Waals surface area (Å²) in [6, 6.07) is 14.7. The highest BCUT2D eigenvalue weighted by atomic mass is 16.5. The van der Waals surface area contributed by atoms with Crippen LogP contribution in [0.5, 0.6) is 17.2 Å². The normalized spacial score (nSPS) is 14.7. The van der Waals surface area contributed by atoms with Crippen molar-refractivity contribution in [2.45, 2.75) is 57.5 Å². The Morgan fingerprint density at radius 1 is 0.971 bits per heavy atom. The van der Waals surface area contributed by atoms with Crippen molar-refractivity contribution in [3.8, 4) is 17.2 Å². The first-order valence-corrected chi connectivity index (χ1v) is 12.0. The molecule has 34 heavy (non-hydrogen) atoms. The monoisotopic (exact) mass is 468 g/mol. The van der Waals surface area contributed by atoms with Gasteiger partial charge in [0.05, 0.1) is 14.2 Å². The Morgan fingerprint density at radius 3 is 2.21 bits per heavy atom. The predicted molar refractivity (Wildman–Crippen MR) is 131 cm³/mol. The van der Waals surface area contributed by atoms with E-state index in [2.05, 4.69) is 5.32 Å². The van der Waals surface area contributed by atoms with Crippen LogP contribution in [0, 0.1) is 0 Å². The number of carbonyl (C=O) groups is 2. The Kier molecular flexibility index (Phi) is 9.62. The van der Waals surface area contributed by atoms with Crippen molar-refractivity contribution >= 4 is 11.8 Å². The van der Waals surface area contributed by atoms with Crippen LogP contribution in [-0.4, -0.2) is 56.2 Å². The van der Waals surface area contributed by atoms with Gasteiger partial charge in [-0.25, -0.2) is 0 Å². The summed E-state index contributed by atoms with van der Waals surface area (Å²) in [4.78, 5) is 27.9. The molecule has 7 heteroatoms. The molecule has 0 aromatic heterocycles. The number of carbonyl (C=O) groups excluding carboxylic acids is 2. The summed E-state index contributed by atoms with van der Waals surface area (Å²) in [5.41, 5.74) is 1.11. The molecule has 1 aliphatic carbocycles. The van der Waals surface area contributed by atoms with Crippen LogP contribution in [0.3, 0.4) is 0 Å². The van der Waals surface area contributed by atoms with Gasteiger partial charge in [-0.3, -0.25) is 9.59 Å². The molecule has 7 nitrogen and oxygen atoms in total. The molecule has 0 radical (unpaired) electrons. The molecule has 0 heterocycles. The van der Waals surface area contributed by atoms with Crippen molar-refractivity contribution in [3.63, 3.8) is 0 Å². The summed E-state index contributed by atoms with van der Waals surface area (Å²) in [5, 5.41) is 3.15. The molecule has 3 rings (SSSR count). The molecule has 1 fully saturated rings. The zero-order chi connectivity index (χ0) is 24.3. The van der Waals surface area contributed by atoms with Crippen LogP contribution in [0.1, 0.15) is 44.6 Å². The number of rotatable bonds is 11. The molecule has 0 unspecified atom stereocenters. The molecule has 0 aliphatic heterocycles. The van der Waals surface area contributed by atoms with E-state index in [1.165, 1.54) is 6.42 Å². The van der Waals surface area contributed by atoms with Gasteiger partial charge in [0.2, 0.25) is 5.91 Å². The van der Waals surface area contributed by atoms with Gasteiger partial charge in [0, 0.05) is 30.8 Å². The molecule has 0 bridgehead atoms. The van der Waals surface area contributed by atoms with Gasteiger partial charge >= 0.3 is 0 Å². The third-order valence-electron chi connectivity index (χ3n) is 6.29. The summed E-state index contributed by atoms with van der Waals surface area (Å²) >= 11 is 0. The molecule has 1 atom stereocenters. The van der Waals surface area contributed by atoms with Gasteiger partial charge < -0.3 is 24.4 Å². The van der Waals surface area contributed by atoms with Gasteiger partial charge in [0.15, 0.2) is 6.61 Å². The summed E-state index contributed by atoms with van der Waals surface area (Å²) < 4.78 is 16.3. The second-order valence-electron chi connectivity index (χ2n) is 8.68. The number of nitrogens with one attached hydrogen (secondary N) is 1. The largest absolute Gasteiger partial charge is 0.496 e. The minimum atomic E-state index is -0.596. The molecule has 1 aliphatic rings. The minimum absolute atomic E-state index is 0.114. The number of benzene rings is 2. The first-order chi connectivity index (χ1) is 16.5. The molecular formula is C27H36N2O5. The summed E-state index contributed by atoms with van der Waals surface area (Å²) in [6.07, 6.45) is 6.13. The Balaban J connectivity index is 1.68. The molecule has 2 aromatic rings. The number of ether oxygens (including phenoxy) is 3. The van der Waals surface area contributed by atoms with Crippen LogP contribution in [-0.2, 0) is 16.0 Å². The highest BCUT2D eigenvalue weighted by Crippen LogP contribution is 2.27. The quantitative estimate of drug-likeness (QED) is 0.540. The van der Waals surface area contributed by atoms with Crippen molar-refractivity contribution in [1.82, 2.24) is 10.2 Å². The highest BCUT2D eigenvalue weighted by Gasteiger charge is 2.28. The topological polar surface area (TPSA) is 77.1 Å². The van der Waals surface area contributed by atoms with E-state index < -0.39 is 6.04 Å². The van der Waals surface area contributed by atoms with E-state index >= 15 is 0 Å². The maximum absolute atomic E-state index is 13.2. The van der Waals surface area contributed by atoms with Crippen LogP contribution in [0.25, 0.3) is 0 Å². The number of amides is 2. The fourth-order valence-electron chi connectivity index (χ4n) is 4.23. The zero-order valence-electron chi connectivity index (χ0n) is 20.4. The van der Waals surface area contributed by atoms with E-state index in [0.717, 1.165) is 31.2 Å². The SMILES string of the molecule is COc1cc(OC)cc(OCC(=O)N(CCc2ccccc2)[C@H](C)C(=O)NC2CCCCC2)c1. The van der Waals surface area contributed by atoms with Crippen molar-refractivity contribution in [2.24, 2.45) is 0 Å². The van der Waals surface area contributed by atoms with Crippen molar-refractivity contribution in [2.75, 3.05) is 27.4 Å². The van der Waals surface area contributed by atoms with E-state index in [9.17, 15) is 9.59 Å². The Labute approximate surface area is 202 Å². The van der Waals surface area contributed by atoms with E-state index in [1.54, 1.807) is 44.2 Å². The molecule has 0 saturated heterocycles. The lowest BCUT2D eigenvalue weighted by Gasteiger charge is -2.31. The van der Waals surface area contributed by atoms with E-state index in [-0.39, 0.29) is 24.5 Å². The molecule has 184 valence electrons. The van der Waals surface area contributed by atoms with Gasteiger partial charge in [-0.2, -0.15) is 0 Å². The average molecular weight is 469 g/mol. The summed E-state index contributed by atoms with van der Waals surface area (Å²) in [7, 11) is 3.11. The van der Waals surface area contributed by atoms with E-state index in [4.69, 9.17) is 14.2 Å². The fraction of sp³-hybridized carbons (Fsp3) is 0.481. The highest BCUT2D eigenvalue weighted by molar-refractivity contribution is 5.88. The third-order valence-corrected chi connectivity index (χ3v) is 6.29. The van der Waals surface area contributed by atoms with E-state index in [0.29, 0.717) is 30.2 Å². The molecule has 2 aromatic carbocycles. The second kappa shape index (κ2) is 12.9. The van der Waals surface area contributed by atoms with Gasteiger partial charge in [-0.1, -0.05) is 49.6 Å². The lowest BCUT2D eigenvalue weighted by molar-refractivity contribution is -0.141. The lowest BCUT2D eigenvalue weighted by Crippen LogP contribution is -2.52. The van der Waals surface area contributed by atoms with Crippen LogP contribution in [0.2, 0.25) is 0 Å². The standard InChI is InChI=1S/C27H36N2O5/c1-20(27(31)28-22-12-8-5-9-13-22)29(15-14-21-10-6-4-7-11-21)26(30)19-34-25-17-23(32-2)16-24(18-25)33-3/h4,6-7,10-11,16-18,20,22H,5,8-9,12-15,19H2,1-3H3,(H,28,31)/t20-/m1/s1. The molecule has 2 amide bonds.